The number of rotatable bonds is 0. The van der Waals surface area contributed by atoms with Gasteiger partial charge >= 0.3 is 0 Å². The summed E-state index contributed by atoms with van der Waals surface area (Å²) in [6.07, 6.45) is 0. The van der Waals surface area contributed by atoms with Crippen LogP contribution in [0.4, 0.5) is 8.78 Å². The molecular formula is C16H14F2S. The number of hydrogen-bond donors (Lipinski definition) is 0. The molecule has 1 aromatic heterocycles. The molecule has 0 radical (unpaired) electrons. The molecule has 0 saturated heterocycles. The van der Waals surface area contributed by atoms with Crippen LogP contribution in [0.5, 0.6) is 0 Å². The lowest BCUT2D eigenvalue weighted by atomic mass is 9.84. The second-order valence-corrected chi connectivity index (χ2v) is 6.88. The molecule has 0 aliphatic heterocycles. The van der Waals surface area contributed by atoms with Crippen molar-refractivity contribution in [3.63, 3.8) is 0 Å². The van der Waals surface area contributed by atoms with E-state index in [4.69, 9.17) is 0 Å². The van der Waals surface area contributed by atoms with E-state index in [1.165, 1.54) is 29.0 Å². The Morgan fingerprint density at radius 2 is 1.63 bits per heavy atom. The van der Waals surface area contributed by atoms with E-state index in [1.807, 2.05) is 12.1 Å². The second kappa shape index (κ2) is 4.01. The monoisotopic (exact) mass is 276 g/mol. The lowest BCUT2D eigenvalue weighted by molar-refractivity contribution is 0.511. The van der Waals surface area contributed by atoms with Crippen molar-refractivity contribution in [2.24, 2.45) is 0 Å². The van der Waals surface area contributed by atoms with Gasteiger partial charge in [0.05, 0.1) is 0 Å². The minimum Gasteiger partial charge on any atom is -0.204 e. The van der Waals surface area contributed by atoms with Crippen LogP contribution in [0.15, 0.2) is 30.3 Å². The fourth-order valence-electron chi connectivity index (χ4n) is 2.45. The Labute approximate surface area is 114 Å². The van der Waals surface area contributed by atoms with Crippen LogP contribution >= 0.6 is 11.3 Å². The first kappa shape index (κ1) is 12.5. The van der Waals surface area contributed by atoms with Crippen molar-refractivity contribution in [3.8, 4) is 0 Å². The maximum absolute atomic E-state index is 13.5. The van der Waals surface area contributed by atoms with Crippen LogP contribution in [0.25, 0.3) is 20.2 Å². The van der Waals surface area contributed by atoms with E-state index in [9.17, 15) is 8.78 Å². The third kappa shape index (κ3) is 1.93. The summed E-state index contributed by atoms with van der Waals surface area (Å²) in [4.78, 5) is 0. The number of benzene rings is 2. The molecule has 0 aliphatic rings. The maximum atomic E-state index is 13.5. The van der Waals surface area contributed by atoms with Crippen molar-refractivity contribution in [3.05, 3.63) is 47.5 Å². The zero-order valence-electron chi connectivity index (χ0n) is 11.1. The summed E-state index contributed by atoms with van der Waals surface area (Å²) in [5, 5.41) is 1.86. The summed E-state index contributed by atoms with van der Waals surface area (Å²) in [5.74, 6) is -1.56. The summed E-state index contributed by atoms with van der Waals surface area (Å²) in [5.41, 5.74) is 1.14. The molecule has 19 heavy (non-hydrogen) atoms. The van der Waals surface area contributed by atoms with Crippen LogP contribution in [0, 0.1) is 11.6 Å². The molecule has 98 valence electrons. The molecule has 0 nitrogen and oxygen atoms in total. The molecule has 2 aromatic carbocycles. The number of hydrogen-bond acceptors (Lipinski definition) is 1. The average molecular weight is 276 g/mol. The summed E-state index contributed by atoms with van der Waals surface area (Å²) in [6, 6.07) is 8.69. The van der Waals surface area contributed by atoms with Gasteiger partial charge in [-0.05, 0) is 29.2 Å². The Morgan fingerprint density at radius 3 is 2.32 bits per heavy atom. The van der Waals surface area contributed by atoms with E-state index in [0.717, 1.165) is 20.2 Å². The highest BCUT2D eigenvalue weighted by Gasteiger charge is 2.20. The van der Waals surface area contributed by atoms with Crippen molar-refractivity contribution in [2.45, 2.75) is 26.2 Å². The SMILES string of the molecule is CC(C)(C)c1cccc2sc3cc(F)c(F)cc3c12. The zero-order chi connectivity index (χ0) is 13.8. The standard InChI is InChI=1S/C16H14F2S/c1-16(2,3)10-5-4-6-13-15(10)9-7-11(17)12(18)8-14(9)19-13/h4-8H,1-3H3. The van der Waals surface area contributed by atoms with Gasteiger partial charge in [0.2, 0.25) is 0 Å². The predicted molar refractivity (Wildman–Crippen MR) is 77.9 cm³/mol. The van der Waals surface area contributed by atoms with Gasteiger partial charge in [0, 0.05) is 20.2 Å². The predicted octanol–water partition coefficient (Wildman–Crippen LogP) is 5.63. The van der Waals surface area contributed by atoms with Gasteiger partial charge in [0.25, 0.3) is 0 Å². The molecule has 1 heterocycles. The van der Waals surface area contributed by atoms with Crippen LogP contribution in [0.3, 0.4) is 0 Å². The Hall–Kier alpha value is -1.48. The molecule has 0 aliphatic carbocycles. The van der Waals surface area contributed by atoms with Crippen molar-refractivity contribution in [2.75, 3.05) is 0 Å². The molecule has 0 fully saturated rings. The largest absolute Gasteiger partial charge is 0.204 e. The minimum absolute atomic E-state index is 0.0294. The van der Waals surface area contributed by atoms with Crippen molar-refractivity contribution < 1.29 is 8.78 Å². The summed E-state index contributed by atoms with van der Waals surface area (Å²) < 4.78 is 28.7. The quantitative estimate of drug-likeness (QED) is 0.499. The van der Waals surface area contributed by atoms with E-state index < -0.39 is 11.6 Å². The third-order valence-corrected chi connectivity index (χ3v) is 4.46. The van der Waals surface area contributed by atoms with Crippen molar-refractivity contribution in [1.82, 2.24) is 0 Å². The molecule has 3 rings (SSSR count). The van der Waals surface area contributed by atoms with Gasteiger partial charge in [0.1, 0.15) is 0 Å². The summed E-state index contributed by atoms with van der Waals surface area (Å²) in [7, 11) is 0. The lowest BCUT2D eigenvalue weighted by Gasteiger charge is -2.20. The van der Waals surface area contributed by atoms with E-state index in [-0.39, 0.29) is 5.41 Å². The van der Waals surface area contributed by atoms with E-state index in [1.54, 1.807) is 0 Å². The first-order valence-corrected chi connectivity index (χ1v) is 7.00. The molecule has 0 atom stereocenters. The Morgan fingerprint density at radius 1 is 0.947 bits per heavy atom. The van der Waals surface area contributed by atoms with Crippen molar-refractivity contribution in [1.29, 1.82) is 0 Å². The maximum Gasteiger partial charge on any atom is 0.160 e. The molecule has 0 saturated carbocycles. The molecule has 0 amide bonds. The summed E-state index contributed by atoms with van der Waals surface area (Å²) in [6.45, 7) is 6.39. The van der Waals surface area contributed by atoms with Gasteiger partial charge in [-0.1, -0.05) is 32.9 Å². The van der Waals surface area contributed by atoms with Gasteiger partial charge in [0.15, 0.2) is 11.6 Å². The Kier molecular flexibility index (Phi) is 2.65. The highest BCUT2D eigenvalue weighted by molar-refractivity contribution is 7.25. The number of thiophene rings is 1. The molecule has 0 spiro atoms. The third-order valence-electron chi connectivity index (χ3n) is 3.35. The number of fused-ring (bicyclic) bond motifs is 3. The van der Waals surface area contributed by atoms with Crippen LogP contribution in [0.1, 0.15) is 26.3 Å². The minimum atomic E-state index is -0.782. The topological polar surface area (TPSA) is 0 Å². The highest BCUT2D eigenvalue weighted by atomic mass is 32.1. The van der Waals surface area contributed by atoms with Crippen LogP contribution in [0.2, 0.25) is 0 Å². The van der Waals surface area contributed by atoms with Crippen molar-refractivity contribution >= 4 is 31.5 Å². The molecule has 0 bridgehead atoms. The summed E-state index contributed by atoms with van der Waals surface area (Å²) >= 11 is 1.51. The lowest BCUT2D eigenvalue weighted by Crippen LogP contribution is -2.11. The van der Waals surface area contributed by atoms with E-state index in [0.29, 0.717) is 0 Å². The fraction of sp³-hybridized carbons (Fsp3) is 0.250. The van der Waals surface area contributed by atoms with Gasteiger partial charge in [-0.2, -0.15) is 0 Å². The van der Waals surface area contributed by atoms with Gasteiger partial charge in [-0.25, -0.2) is 8.78 Å². The average Bonchev–Trinajstić information content (AvgIpc) is 2.66. The molecule has 0 unspecified atom stereocenters. The van der Waals surface area contributed by atoms with Gasteiger partial charge in [-0.15, -0.1) is 11.3 Å². The first-order chi connectivity index (χ1) is 8.88. The second-order valence-electron chi connectivity index (χ2n) is 5.79. The van der Waals surface area contributed by atoms with Crippen LogP contribution < -0.4 is 0 Å². The highest BCUT2D eigenvalue weighted by Crippen LogP contribution is 2.40. The molecule has 0 N–H and O–H groups in total. The molecule has 3 aromatic rings. The first-order valence-electron chi connectivity index (χ1n) is 6.18. The van der Waals surface area contributed by atoms with Gasteiger partial charge < -0.3 is 0 Å². The van der Waals surface area contributed by atoms with Gasteiger partial charge in [-0.3, -0.25) is 0 Å². The Bertz CT molecular complexity index is 779. The molecule has 3 heteroatoms. The number of halogens is 2. The fourth-order valence-corrected chi connectivity index (χ4v) is 3.58. The van der Waals surface area contributed by atoms with E-state index in [2.05, 4.69) is 26.8 Å². The smallest absolute Gasteiger partial charge is 0.160 e. The van der Waals surface area contributed by atoms with Crippen LogP contribution in [-0.2, 0) is 5.41 Å². The normalized spacial score (nSPS) is 12.5. The Balaban J connectivity index is 2.51. The molecular weight excluding hydrogens is 262 g/mol. The van der Waals surface area contributed by atoms with E-state index >= 15 is 0 Å². The zero-order valence-corrected chi connectivity index (χ0v) is 11.9. The van der Waals surface area contributed by atoms with Crippen LogP contribution in [-0.4, -0.2) is 0 Å².